The number of rotatable bonds is 3. The van der Waals surface area contributed by atoms with E-state index in [1.165, 1.54) is 0 Å². The molecule has 4 N–H and O–H groups in total. The molecule has 0 aromatic carbocycles. The average molecular weight is 208 g/mol. The summed E-state index contributed by atoms with van der Waals surface area (Å²) in [4.78, 5) is 11.7. The molecular weight excluding hydrogens is 192 g/mol. The number of carbonyl (C=O) groups is 1. The van der Waals surface area contributed by atoms with Crippen molar-refractivity contribution in [1.82, 2.24) is 15.5 Å². The molecular formula is C10H16N4O. The van der Waals surface area contributed by atoms with Crippen LogP contribution in [-0.2, 0) is 11.3 Å². The summed E-state index contributed by atoms with van der Waals surface area (Å²) in [5, 5.41) is 9.48. The van der Waals surface area contributed by atoms with Crippen molar-refractivity contribution in [2.45, 2.75) is 31.8 Å². The van der Waals surface area contributed by atoms with Crippen molar-refractivity contribution >= 4 is 5.91 Å². The van der Waals surface area contributed by atoms with Gasteiger partial charge in [-0.25, -0.2) is 0 Å². The Bertz CT molecular complexity index is 322. The van der Waals surface area contributed by atoms with Gasteiger partial charge < -0.3 is 11.1 Å². The van der Waals surface area contributed by atoms with E-state index in [0.29, 0.717) is 6.54 Å². The van der Waals surface area contributed by atoms with Gasteiger partial charge in [-0.3, -0.25) is 9.89 Å². The first-order valence-corrected chi connectivity index (χ1v) is 5.29. The number of nitrogens with zero attached hydrogens (tertiary/aromatic N) is 1. The van der Waals surface area contributed by atoms with Crippen LogP contribution in [0.4, 0.5) is 0 Å². The van der Waals surface area contributed by atoms with Crippen LogP contribution in [0.15, 0.2) is 12.3 Å². The predicted molar refractivity (Wildman–Crippen MR) is 55.8 cm³/mol. The molecule has 1 saturated carbocycles. The zero-order valence-electron chi connectivity index (χ0n) is 8.57. The maximum atomic E-state index is 11.7. The first kappa shape index (κ1) is 10.2. The molecule has 15 heavy (non-hydrogen) atoms. The second-order valence-electron chi connectivity index (χ2n) is 4.00. The summed E-state index contributed by atoms with van der Waals surface area (Å²) in [6.45, 7) is 0.502. The van der Waals surface area contributed by atoms with Crippen LogP contribution in [0.5, 0.6) is 0 Å². The van der Waals surface area contributed by atoms with Crippen LogP contribution < -0.4 is 11.1 Å². The molecule has 1 aromatic heterocycles. The fourth-order valence-electron chi connectivity index (χ4n) is 2.01. The van der Waals surface area contributed by atoms with Crippen molar-refractivity contribution in [1.29, 1.82) is 0 Å². The molecule has 0 radical (unpaired) electrons. The number of aromatic nitrogens is 2. The molecule has 2 unspecified atom stereocenters. The van der Waals surface area contributed by atoms with Crippen molar-refractivity contribution < 1.29 is 4.79 Å². The summed E-state index contributed by atoms with van der Waals surface area (Å²) in [6.07, 6.45) is 4.60. The first-order valence-electron chi connectivity index (χ1n) is 5.29. The summed E-state index contributed by atoms with van der Waals surface area (Å²) in [6, 6.07) is 1.88. The molecule has 0 bridgehead atoms. The SMILES string of the molecule is NC1CCCC1C(=O)NCc1ccn[nH]1. The van der Waals surface area contributed by atoms with Crippen molar-refractivity contribution in [2.75, 3.05) is 0 Å². The molecule has 1 fully saturated rings. The summed E-state index contributed by atoms with van der Waals surface area (Å²) in [7, 11) is 0. The normalized spacial score (nSPS) is 25.4. The van der Waals surface area contributed by atoms with Gasteiger partial charge in [0.25, 0.3) is 0 Å². The molecule has 2 rings (SSSR count). The highest BCUT2D eigenvalue weighted by Gasteiger charge is 2.29. The zero-order chi connectivity index (χ0) is 10.7. The third-order valence-corrected chi connectivity index (χ3v) is 2.92. The van der Waals surface area contributed by atoms with Crippen molar-refractivity contribution in [3.05, 3.63) is 18.0 Å². The Morgan fingerprint density at radius 1 is 1.67 bits per heavy atom. The van der Waals surface area contributed by atoms with E-state index in [-0.39, 0.29) is 17.9 Å². The highest BCUT2D eigenvalue weighted by atomic mass is 16.1. The highest BCUT2D eigenvalue weighted by Crippen LogP contribution is 2.23. The Morgan fingerprint density at radius 3 is 3.13 bits per heavy atom. The second-order valence-corrected chi connectivity index (χ2v) is 4.00. The van der Waals surface area contributed by atoms with Gasteiger partial charge in [0, 0.05) is 12.2 Å². The first-order chi connectivity index (χ1) is 7.27. The third kappa shape index (κ3) is 2.36. The van der Waals surface area contributed by atoms with Gasteiger partial charge in [-0.05, 0) is 18.9 Å². The monoisotopic (exact) mass is 208 g/mol. The minimum atomic E-state index is -0.00655. The quantitative estimate of drug-likeness (QED) is 0.661. The molecule has 1 heterocycles. The van der Waals surface area contributed by atoms with Gasteiger partial charge in [0.1, 0.15) is 0 Å². The van der Waals surface area contributed by atoms with Crippen LogP contribution in [0.25, 0.3) is 0 Å². The number of carbonyl (C=O) groups excluding carboxylic acids is 1. The Labute approximate surface area is 88.4 Å². The number of nitrogens with two attached hydrogens (primary N) is 1. The smallest absolute Gasteiger partial charge is 0.224 e. The standard InChI is InChI=1S/C10H16N4O/c11-9-3-1-2-8(9)10(15)12-6-7-4-5-13-14-7/h4-5,8-9H,1-3,6,11H2,(H,12,15)(H,13,14). The molecule has 1 aromatic rings. The van der Waals surface area contributed by atoms with Gasteiger partial charge in [0.15, 0.2) is 0 Å². The minimum Gasteiger partial charge on any atom is -0.350 e. The molecule has 5 nitrogen and oxygen atoms in total. The maximum absolute atomic E-state index is 11.7. The topological polar surface area (TPSA) is 83.8 Å². The lowest BCUT2D eigenvalue weighted by Crippen LogP contribution is -2.38. The maximum Gasteiger partial charge on any atom is 0.224 e. The molecule has 82 valence electrons. The molecule has 1 amide bonds. The summed E-state index contributed by atoms with van der Waals surface area (Å²) in [5.41, 5.74) is 6.76. The Balaban J connectivity index is 1.82. The molecule has 5 heteroatoms. The van der Waals surface area contributed by atoms with E-state index in [4.69, 9.17) is 5.73 Å². The van der Waals surface area contributed by atoms with Crippen LogP contribution in [0.3, 0.4) is 0 Å². The van der Waals surface area contributed by atoms with E-state index in [0.717, 1.165) is 25.0 Å². The van der Waals surface area contributed by atoms with Crippen LogP contribution in [-0.4, -0.2) is 22.1 Å². The summed E-state index contributed by atoms with van der Waals surface area (Å²) >= 11 is 0. The molecule has 1 aliphatic carbocycles. The van der Waals surface area contributed by atoms with Crippen molar-refractivity contribution in [3.8, 4) is 0 Å². The van der Waals surface area contributed by atoms with E-state index in [1.807, 2.05) is 6.07 Å². The number of H-pyrrole nitrogens is 1. The van der Waals surface area contributed by atoms with Gasteiger partial charge in [-0.2, -0.15) is 5.10 Å². The number of hydrogen-bond acceptors (Lipinski definition) is 3. The van der Waals surface area contributed by atoms with E-state index in [2.05, 4.69) is 15.5 Å². The molecule has 2 atom stereocenters. The third-order valence-electron chi connectivity index (χ3n) is 2.92. The van der Waals surface area contributed by atoms with Crippen molar-refractivity contribution in [2.24, 2.45) is 11.7 Å². The van der Waals surface area contributed by atoms with Gasteiger partial charge >= 0.3 is 0 Å². The summed E-state index contributed by atoms with van der Waals surface area (Å²) in [5.74, 6) is 0.0579. The van der Waals surface area contributed by atoms with Crippen LogP contribution in [0, 0.1) is 5.92 Å². The Hall–Kier alpha value is -1.36. The van der Waals surface area contributed by atoms with E-state index < -0.39 is 0 Å². The zero-order valence-corrected chi connectivity index (χ0v) is 8.57. The lowest BCUT2D eigenvalue weighted by molar-refractivity contribution is -0.125. The lowest BCUT2D eigenvalue weighted by Gasteiger charge is -2.14. The second kappa shape index (κ2) is 4.44. The number of amides is 1. The molecule has 0 aliphatic heterocycles. The number of aromatic amines is 1. The van der Waals surface area contributed by atoms with E-state index >= 15 is 0 Å². The Kier molecular flexibility index (Phi) is 3.01. The van der Waals surface area contributed by atoms with Gasteiger partial charge in [-0.15, -0.1) is 0 Å². The van der Waals surface area contributed by atoms with Gasteiger partial charge in [0.2, 0.25) is 5.91 Å². The molecule has 0 saturated heterocycles. The number of nitrogens with one attached hydrogen (secondary N) is 2. The largest absolute Gasteiger partial charge is 0.350 e. The van der Waals surface area contributed by atoms with Crippen LogP contribution in [0.2, 0.25) is 0 Å². The fraction of sp³-hybridized carbons (Fsp3) is 0.600. The van der Waals surface area contributed by atoms with Crippen LogP contribution in [0.1, 0.15) is 25.0 Å². The van der Waals surface area contributed by atoms with Gasteiger partial charge in [-0.1, -0.05) is 6.42 Å². The Morgan fingerprint density at radius 2 is 2.53 bits per heavy atom. The minimum absolute atomic E-state index is 0.00655. The van der Waals surface area contributed by atoms with Crippen molar-refractivity contribution in [3.63, 3.8) is 0 Å². The summed E-state index contributed by atoms with van der Waals surface area (Å²) < 4.78 is 0. The number of hydrogen-bond donors (Lipinski definition) is 3. The lowest BCUT2D eigenvalue weighted by atomic mass is 10.0. The predicted octanol–water partition coefficient (Wildman–Crippen LogP) is 0.153. The molecule has 0 spiro atoms. The van der Waals surface area contributed by atoms with E-state index in [1.54, 1.807) is 6.20 Å². The highest BCUT2D eigenvalue weighted by molar-refractivity contribution is 5.79. The van der Waals surface area contributed by atoms with Gasteiger partial charge in [0.05, 0.1) is 18.2 Å². The fourth-order valence-corrected chi connectivity index (χ4v) is 2.01. The molecule has 1 aliphatic rings. The van der Waals surface area contributed by atoms with Crippen LogP contribution >= 0.6 is 0 Å². The average Bonchev–Trinajstić information content (AvgIpc) is 2.84. The van der Waals surface area contributed by atoms with E-state index in [9.17, 15) is 4.79 Å².